The average Bonchev–Trinajstić information content (AvgIpc) is 3.10. The second-order valence-electron chi connectivity index (χ2n) is 12.9. The van der Waals surface area contributed by atoms with Crippen molar-refractivity contribution in [3.8, 4) is 5.75 Å². The van der Waals surface area contributed by atoms with Crippen LogP contribution in [0, 0.1) is 11.8 Å². The van der Waals surface area contributed by atoms with Crippen molar-refractivity contribution in [2.75, 3.05) is 31.7 Å². The Kier molecular flexibility index (Phi) is 8.51. The van der Waals surface area contributed by atoms with Gasteiger partial charge in [-0.15, -0.1) is 0 Å². The fourth-order valence-electron chi connectivity index (χ4n) is 7.92. The zero-order valence-electron chi connectivity index (χ0n) is 24.7. The molecule has 228 valence electrons. The Balaban J connectivity index is 1.41. The predicted molar refractivity (Wildman–Crippen MR) is 166 cm³/mol. The monoisotopic (exact) mass is 614 g/mol. The third kappa shape index (κ3) is 5.67. The molecule has 42 heavy (non-hydrogen) atoms. The molecule has 1 amide bonds. The first kappa shape index (κ1) is 29.8. The Morgan fingerprint density at radius 3 is 2.69 bits per heavy atom. The summed E-state index contributed by atoms with van der Waals surface area (Å²) < 4.78 is 41.5. The summed E-state index contributed by atoms with van der Waals surface area (Å²) in [7, 11) is -2.00. The number of amides is 1. The molecule has 1 saturated carbocycles. The zero-order chi connectivity index (χ0) is 29.5. The average molecular weight is 615 g/mol. The van der Waals surface area contributed by atoms with Gasteiger partial charge in [0.15, 0.2) is 0 Å². The van der Waals surface area contributed by atoms with Crippen LogP contribution in [0.5, 0.6) is 5.75 Å². The van der Waals surface area contributed by atoms with E-state index in [2.05, 4.69) is 21.8 Å². The lowest BCUT2D eigenvalue weighted by molar-refractivity contribution is -0.0220. The van der Waals surface area contributed by atoms with Crippen LogP contribution in [0.25, 0.3) is 0 Å². The summed E-state index contributed by atoms with van der Waals surface area (Å²) in [6.45, 7) is 4.01. The molecule has 2 aromatic carbocycles. The maximum absolute atomic E-state index is 13.4. The summed E-state index contributed by atoms with van der Waals surface area (Å²) >= 11 is 6.41. The standard InChI is InChI=1S/C33H43ClN2O5S/c1-3-26-8-4-5-9-30(40-2)27-13-10-24(27)19-36-20-33(16-6-7-22-17-25(34)12-14-28(22)33)21-41-31-15-11-23(18-29(31)36)32(37)35-42(26,38)39/h11-12,14-15,17-18,24,26-27,30H,3-10,13,16,19-21H2,1-2H3,(H,35,37)/t24-,26+,27+,30-,33-/m0/s1. The number of hydrogen-bond donors (Lipinski definition) is 1. The fourth-order valence-corrected chi connectivity index (χ4v) is 9.58. The number of ether oxygens (including phenoxy) is 2. The van der Waals surface area contributed by atoms with Crippen molar-refractivity contribution in [3.05, 3.63) is 58.1 Å². The number of benzene rings is 2. The normalized spacial score (nSPS) is 31.1. The van der Waals surface area contributed by atoms with Gasteiger partial charge >= 0.3 is 0 Å². The number of carbonyl (C=O) groups excluding carboxylic acids is 1. The lowest BCUT2D eigenvalue weighted by atomic mass is 9.68. The van der Waals surface area contributed by atoms with E-state index in [1.165, 1.54) is 11.1 Å². The summed E-state index contributed by atoms with van der Waals surface area (Å²) in [5, 5.41) is 0.152. The summed E-state index contributed by atoms with van der Waals surface area (Å²) in [6, 6.07) is 11.6. The molecule has 2 aromatic rings. The first-order chi connectivity index (χ1) is 20.2. The van der Waals surface area contributed by atoms with Gasteiger partial charge in [-0.3, -0.25) is 4.79 Å². The molecule has 0 saturated heterocycles. The second kappa shape index (κ2) is 12.0. The molecule has 0 radical (unpaired) electrons. The minimum atomic E-state index is -3.81. The van der Waals surface area contributed by atoms with E-state index in [4.69, 9.17) is 21.1 Å². The Labute approximate surface area is 255 Å². The number of halogens is 1. The molecule has 0 unspecified atom stereocenters. The summed E-state index contributed by atoms with van der Waals surface area (Å²) in [6.07, 6.45) is 9.12. The van der Waals surface area contributed by atoms with Crippen LogP contribution >= 0.6 is 11.6 Å². The maximum Gasteiger partial charge on any atom is 0.264 e. The number of nitrogens with one attached hydrogen (secondary N) is 1. The second-order valence-corrected chi connectivity index (χ2v) is 15.3. The smallest absolute Gasteiger partial charge is 0.264 e. The highest BCUT2D eigenvalue weighted by atomic mass is 35.5. The van der Waals surface area contributed by atoms with Crippen LogP contribution in [-0.4, -0.2) is 52.5 Å². The number of methoxy groups -OCH3 is 1. The van der Waals surface area contributed by atoms with E-state index >= 15 is 0 Å². The van der Waals surface area contributed by atoms with Gasteiger partial charge in [-0.2, -0.15) is 0 Å². The molecule has 9 heteroatoms. The van der Waals surface area contributed by atoms with Gasteiger partial charge in [-0.25, -0.2) is 13.1 Å². The molecule has 5 atom stereocenters. The minimum absolute atomic E-state index is 0.161. The SMILES string of the molecule is CC[C@@H]1CCCC[C@H](OC)[C@@H]2CC[C@H]2CN2C[C@@]3(CCCc4cc(Cl)ccc43)COc3ccc(cc32)C(=O)NS1(=O)=O. The molecule has 7 nitrogen and oxygen atoms in total. The molecule has 2 bridgehead atoms. The third-order valence-corrected chi connectivity index (χ3v) is 12.6. The fraction of sp³-hybridized carbons (Fsp3) is 0.606. The molecule has 1 N–H and O–H groups in total. The van der Waals surface area contributed by atoms with Gasteiger partial charge in [0.05, 0.1) is 23.6 Å². The van der Waals surface area contributed by atoms with Crippen molar-refractivity contribution in [1.29, 1.82) is 0 Å². The van der Waals surface area contributed by atoms with Crippen LogP contribution in [0.1, 0.15) is 86.2 Å². The molecule has 1 fully saturated rings. The van der Waals surface area contributed by atoms with Gasteiger partial charge in [0, 0.05) is 36.2 Å². The molecule has 1 spiro atoms. The highest BCUT2D eigenvalue weighted by Gasteiger charge is 2.44. The molecular formula is C33H43ClN2O5S. The summed E-state index contributed by atoms with van der Waals surface area (Å²) in [5.41, 5.74) is 3.57. The summed E-state index contributed by atoms with van der Waals surface area (Å²) in [5.74, 6) is 1.08. The van der Waals surface area contributed by atoms with E-state index in [9.17, 15) is 13.2 Å². The van der Waals surface area contributed by atoms with Crippen molar-refractivity contribution in [2.24, 2.45) is 11.8 Å². The Morgan fingerprint density at radius 1 is 1.10 bits per heavy atom. The van der Waals surface area contributed by atoms with E-state index < -0.39 is 21.2 Å². The molecule has 4 aliphatic rings. The van der Waals surface area contributed by atoms with E-state index in [0.717, 1.165) is 80.9 Å². The number of nitrogens with zero attached hydrogens (tertiary/aromatic N) is 1. The molecule has 2 aliphatic heterocycles. The largest absolute Gasteiger partial charge is 0.490 e. The predicted octanol–water partition coefficient (Wildman–Crippen LogP) is 6.27. The van der Waals surface area contributed by atoms with E-state index in [1.807, 2.05) is 32.2 Å². The van der Waals surface area contributed by atoms with Crippen LogP contribution in [-0.2, 0) is 26.6 Å². The quantitative estimate of drug-likeness (QED) is 0.429. The minimum Gasteiger partial charge on any atom is -0.490 e. The topological polar surface area (TPSA) is 84.9 Å². The van der Waals surface area contributed by atoms with Crippen LogP contribution in [0.3, 0.4) is 0 Å². The number of sulfonamides is 1. The highest BCUT2D eigenvalue weighted by Crippen LogP contribution is 2.47. The lowest BCUT2D eigenvalue weighted by Crippen LogP contribution is -2.49. The van der Waals surface area contributed by atoms with Gasteiger partial charge in [0.1, 0.15) is 5.75 Å². The summed E-state index contributed by atoms with van der Waals surface area (Å²) in [4.78, 5) is 15.8. The number of carbonyl (C=O) groups is 1. The molecule has 6 rings (SSSR count). The Morgan fingerprint density at radius 2 is 1.93 bits per heavy atom. The van der Waals surface area contributed by atoms with Gasteiger partial charge in [-0.05, 0) is 105 Å². The molecular weight excluding hydrogens is 572 g/mol. The number of fused-ring (bicyclic) bond motifs is 4. The van der Waals surface area contributed by atoms with Crippen molar-refractivity contribution >= 4 is 33.2 Å². The Bertz CT molecular complexity index is 1430. The molecule has 0 aromatic heterocycles. The number of rotatable bonds is 2. The molecule has 2 heterocycles. The van der Waals surface area contributed by atoms with Crippen LogP contribution < -0.4 is 14.4 Å². The third-order valence-electron chi connectivity index (χ3n) is 10.4. The Hall–Kier alpha value is -2.29. The number of anilines is 1. The molecule has 2 aliphatic carbocycles. The van der Waals surface area contributed by atoms with Crippen LogP contribution in [0.2, 0.25) is 5.02 Å². The van der Waals surface area contributed by atoms with Crippen molar-refractivity contribution in [1.82, 2.24) is 4.72 Å². The number of aryl methyl sites for hydroxylation is 1. The van der Waals surface area contributed by atoms with E-state index in [-0.39, 0.29) is 11.5 Å². The highest BCUT2D eigenvalue weighted by molar-refractivity contribution is 7.90. The first-order valence-corrected chi connectivity index (χ1v) is 17.5. The number of hydrogen-bond acceptors (Lipinski definition) is 6. The lowest BCUT2D eigenvalue weighted by Gasteiger charge is -2.46. The maximum atomic E-state index is 13.4. The first-order valence-electron chi connectivity index (χ1n) is 15.6. The van der Waals surface area contributed by atoms with Gasteiger partial charge in [0.25, 0.3) is 5.91 Å². The van der Waals surface area contributed by atoms with Crippen LogP contribution in [0.15, 0.2) is 36.4 Å². The van der Waals surface area contributed by atoms with Gasteiger partial charge in [-0.1, -0.05) is 37.4 Å². The van der Waals surface area contributed by atoms with Crippen molar-refractivity contribution in [2.45, 2.75) is 87.9 Å². The van der Waals surface area contributed by atoms with Crippen molar-refractivity contribution in [3.63, 3.8) is 0 Å². The van der Waals surface area contributed by atoms with Crippen LogP contribution in [0.4, 0.5) is 5.69 Å². The zero-order valence-corrected chi connectivity index (χ0v) is 26.3. The van der Waals surface area contributed by atoms with E-state index in [1.54, 1.807) is 6.07 Å². The van der Waals surface area contributed by atoms with E-state index in [0.29, 0.717) is 36.8 Å². The van der Waals surface area contributed by atoms with Gasteiger partial charge < -0.3 is 14.4 Å². The van der Waals surface area contributed by atoms with Gasteiger partial charge in [0.2, 0.25) is 10.0 Å². The van der Waals surface area contributed by atoms with Crippen molar-refractivity contribution < 1.29 is 22.7 Å².